The first kappa shape index (κ1) is 51.3. The third-order valence-corrected chi connectivity index (χ3v) is 9.48. The van der Waals surface area contributed by atoms with Gasteiger partial charge in [-0.05, 0) is 83.5 Å². The van der Waals surface area contributed by atoms with Crippen molar-refractivity contribution in [2.24, 2.45) is 0 Å². The number of aliphatic hydroxyl groups excluding tert-OH is 1. The van der Waals surface area contributed by atoms with Crippen LogP contribution in [0.5, 0.6) is 0 Å². The fourth-order valence-electron chi connectivity index (χ4n) is 6.10. The molecule has 0 amide bonds. The third-order valence-electron chi connectivity index (χ3n) is 9.48. The van der Waals surface area contributed by atoms with Crippen LogP contribution in [0, 0.1) is 0 Å². The summed E-state index contributed by atoms with van der Waals surface area (Å²) in [6.45, 7) is 4.00. The molecule has 0 aliphatic carbocycles. The van der Waals surface area contributed by atoms with Gasteiger partial charge in [0.05, 0.1) is 6.61 Å². The smallest absolute Gasteiger partial charge is 0.306 e. The van der Waals surface area contributed by atoms with Gasteiger partial charge in [0.25, 0.3) is 0 Å². The van der Waals surface area contributed by atoms with Gasteiger partial charge in [-0.1, -0.05) is 183 Å². The Morgan fingerprint density at radius 3 is 1.24 bits per heavy atom. The molecule has 0 saturated heterocycles. The molecular formula is C49H84O5. The second-order valence-corrected chi connectivity index (χ2v) is 14.7. The van der Waals surface area contributed by atoms with E-state index in [1.165, 1.54) is 103 Å². The minimum atomic E-state index is -0.789. The zero-order valence-corrected chi connectivity index (χ0v) is 35.2. The highest BCUT2D eigenvalue weighted by molar-refractivity contribution is 5.70. The van der Waals surface area contributed by atoms with Crippen molar-refractivity contribution in [3.8, 4) is 0 Å². The van der Waals surface area contributed by atoms with E-state index < -0.39 is 6.10 Å². The monoisotopic (exact) mass is 753 g/mol. The number of hydrogen-bond donors (Lipinski definition) is 1. The van der Waals surface area contributed by atoms with E-state index >= 15 is 0 Å². The Kier molecular flexibility index (Phi) is 42.5. The van der Waals surface area contributed by atoms with E-state index in [9.17, 15) is 14.7 Å². The normalized spacial score (nSPS) is 12.9. The summed E-state index contributed by atoms with van der Waals surface area (Å²) in [6, 6.07) is 0. The van der Waals surface area contributed by atoms with Gasteiger partial charge in [0.15, 0.2) is 6.10 Å². The van der Waals surface area contributed by atoms with Gasteiger partial charge in [0.1, 0.15) is 6.61 Å². The molecule has 5 heteroatoms. The fraction of sp³-hybridized carbons (Fsp3) is 0.714. The van der Waals surface area contributed by atoms with Crippen molar-refractivity contribution in [1.82, 2.24) is 0 Å². The Morgan fingerprint density at radius 2 is 0.796 bits per heavy atom. The lowest BCUT2D eigenvalue weighted by molar-refractivity contribution is -0.161. The first-order valence-corrected chi connectivity index (χ1v) is 22.5. The lowest BCUT2D eigenvalue weighted by Gasteiger charge is -2.15. The first-order valence-electron chi connectivity index (χ1n) is 22.5. The Hall–Kier alpha value is -2.66. The van der Waals surface area contributed by atoms with E-state index in [-0.39, 0.29) is 25.2 Å². The van der Waals surface area contributed by atoms with E-state index in [1.807, 2.05) is 0 Å². The maximum Gasteiger partial charge on any atom is 0.306 e. The van der Waals surface area contributed by atoms with Crippen LogP contribution in [0.15, 0.2) is 72.9 Å². The predicted molar refractivity (Wildman–Crippen MR) is 233 cm³/mol. The SMILES string of the molecule is CCC=CCC=CCC=CCC=CCC=CCCCCCC(=O)OC[C@H](CO)OC(=O)CCCCCCCCCCCCCC=CCCCCCCCC. The second-order valence-electron chi connectivity index (χ2n) is 14.7. The summed E-state index contributed by atoms with van der Waals surface area (Å²) >= 11 is 0. The molecule has 5 nitrogen and oxygen atoms in total. The van der Waals surface area contributed by atoms with Gasteiger partial charge in [-0.2, -0.15) is 0 Å². The molecule has 0 unspecified atom stereocenters. The number of aliphatic hydroxyl groups is 1. The van der Waals surface area contributed by atoms with Crippen LogP contribution in [0.1, 0.15) is 206 Å². The zero-order chi connectivity index (χ0) is 39.3. The van der Waals surface area contributed by atoms with Gasteiger partial charge in [-0.15, -0.1) is 0 Å². The van der Waals surface area contributed by atoms with Crippen LogP contribution >= 0.6 is 0 Å². The molecule has 1 atom stereocenters. The van der Waals surface area contributed by atoms with Crippen LogP contribution in [0.3, 0.4) is 0 Å². The van der Waals surface area contributed by atoms with Crippen molar-refractivity contribution < 1.29 is 24.2 Å². The fourth-order valence-corrected chi connectivity index (χ4v) is 6.10. The summed E-state index contributed by atoms with van der Waals surface area (Å²) in [7, 11) is 0. The number of carbonyl (C=O) groups excluding carboxylic acids is 2. The highest BCUT2D eigenvalue weighted by Crippen LogP contribution is 2.14. The lowest BCUT2D eigenvalue weighted by Crippen LogP contribution is -2.28. The molecule has 0 saturated carbocycles. The van der Waals surface area contributed by atoms with E-state index in [2.05, 4.69) is 86.8 Å². The standard InChI is InChI=1S/C49H84O5/c1-3-5-7-9-11-13-15-17-19-21-23-24-26-28-30-32-34-36-38-40-42-44-49(52)54-47(45-50)46-53-48(51)43-41-39-37-35-33-31-29-27-25-22-20-18-16-14-12-10-8-6-4-2/h6,8,12,14,17-20,25,27,31,33,47,50H,3-5,7,9-11,13,15-16,21-24,26,28-30,32,34-46H2,1-2H3/t47-/m0/s1. The van der Waals surface area contributed by atoms with E-state index in [0.29, 0.717) is 12.8 Å². The molecule has 0 spiro atoms. The summed E-state index contributed by atoms with van der Waals surface area (Å²) in [4.78, 5) is 24.4. The Bertz CT molecular complexity index is 988. The van der Waals surface area contributed by atoms with Crippen molar-refractivity contribution in [2.75, 3.05) is 13.2 Å². The molecule has 0 aromatic heterocycles. The number of ether oxygens (including phenoxy) is 2. The molecule has 310 valence electrons. The average molecular weight is 753 g/mol. The van der Waals surface area contributed by atoms with Crippen LogP contribution in [0.2, 0.25) is 0 Å². The summed E-state index contributed by atoms with van der Waals surface area (Å²) in [6.07, 6.45) is 59.7. The van der Waals surface area contributed by atoms with Crippen LogP contribution in [0.25, 0.3) is 0 Å². The average Bonchev–Trinajstić information content (AvgIpc) is 3.17. The summed E-state index contributed by atoms with van der Waals surface area (Å²) in [5.74, 6) is -0.630. The van der Waals surface area contributed by atoms with Gasteiger partial charge in [0.2, 0.25) is 0 Å². The maximum atomic E-state index is 12.2. The molecule has 0 bridgehead atoms. The number of hydrogen-bond acceptors (Lipinski definition) is 5. The molecule has 0 aliphatic rings. The van der Waals surface area contributed by atoms with Crippen molar-refractivity contribution in [3.63, 3.8) is 0 Å². The molecule has 0 aliphatic heterocycles. The number of rotatable bonds is 40. The van der Waals surface area contributed by atoms with E-state index in [4.69, 9.17) is 9.47 Å². The van der Waals surface area contributed by atoms with E-state index in [0.717, 1.165) is 77.0 Å². The number of allylic oxidation sites excluding steroid dienone is 12. The maximum absolute atomic E-state index is 12.2. The van der Waals surface area contributed by atoms with Crippen molar-refractivity contribution >= 4 is 11.9 Å². The first-order chi connectivity index (χ1) is 26.6. The van der Waals surface area contributed by atoms with Gasteiger partial charge < -0.3 is 14.6 Å². The quantitative estimate of drug-likeness (QED) is 0.0383. The molecular weight excluding hydrogens is 669 g/mol. The van der Waals surface area contributed by atoms with Crippen molar-refractivity contribution in [1.29, 1.82) is 0 Å². The molecule has 0 radical (unpaired) electrons. The Morgan fingerprint density at radius 1 is 0.444 bits per heavy atom. The number of unbranched alkanes of at least 4 members (excludes halogenated alkanes) is 20. The largest absolute Gasteiger partial charge is 0.462 e. The molecule has 0 fully saturated rings. The lowest BCUT2D eigenvalue weighted by atomic mass is 10.0. The zero-order valence-electron chi connectivity index (χ0n) is 35.2. The highest BCUT2D eigenvalue weighted by Gasteiger charge is 2.16. The van der Waals surface area contributed by atoms with Gasteiger partial charge in [-0.3, -0.25) is 9.59 Å². The molecule has 0 aromatic carbocycles. The van der Waals surface area contributed by atoms with Crippen LogP contribution in [0.4, 0.5) is 0 Å². The summed E-state index contributed by atoms with van der Waals surface area (Å²) in [5, 5.41) is 9.59. The van der Waals surface area contributed by atoms with E-state index in [1.54, 1.807) is 0 Å². The molecule has 0 aromatic rings. The second kappa shape index (κ2) is 44.7. The van der Waals surface area contributed by atoms with Crippen LogP contribution < -0.4 is 0 Å². The predicted octanol–water partition coefficient (Wildman–Crippen LogP) is 14.5. The molecule has 0 rings (SSSR count). The van der Waals surface area contributed by atoms with Gasteiger partial charge in [-0.25, -0.2) is 0 Å². The van der Waals surface area contributed by atoms with Gasteiger partial charge in [0, 0.05) is 12.8 Å². The summed E-state index contributed by atoms with van der Waals surface area (Å²) < 4.78 is 10.6. The van der Waals surface area contributed by atoms with Crippen LogP contribution in [-0.4, -0.2) is 36.4 Å². The van der Waals surface area contributed by atoms with Crippen LogP contribution in [-0.2, 0) is 19.1 Å². The minimum Gasteiger partial charge on any atom is -0.462 e. The Labute approximate surface area is 333 Å². The van der Waals surface area contributed by atoms with Gasteiger partial charge >= 0.3 is 11.9 Å². The molecule has 54 heavy (non-hydrogen) atoms. The minimum absolute atomic E-state index is 0.0858. The Balaban J connectivity index is 3.59. The number of carbonyl (C=O) groups is 2. The highest BCUT2D eigenvalue weighted by atomic mass is 16.6. The number of esters is 2. The molecule has 1 N–H and O–H groups in total. The van der Waals surface area contributed by atoms with Crippen molar-refractivity contribution in [2.45, 2.75) is 213 Å². The van der Waals surface area contributed by atoms with Crippen molar-refractivity contribution in [3.05, 3.63) is 72.9 Å². The topological polar surface area (TPSA) is 72.8 Å². The summed E-state index contributed by atoms with van der Waals surface area (Å²) in [5.41, 5.74) is 0. The third kappa shape index (κ3) is 42.1. The molecule has 0 heterocycles.